The van der Waals surface area contributed by atoms with Crippen molar-refractivity contribution in [3.63, 3.8) is 0 Å². The first-order chi connectivity index (χ1) is 8.74. The predicted octanol–water partition coefficient (Wildman–Crippen LogP) is 2.87. The van der Waals surface area contributed by atoms with E-state index in [1.807, 2.05) is 11.4 Å². The van der Waals surface area contributed by atoms with E-state index in [2.05, 4.69) is 21.1 Å². The fourth-order valence-electron chi connectivity index (χ4n) is 1.51. The van der Waals surface area contributed by atoms with Crippen LogP contribution in [0.1, 0.15) is 4.88 Å². The van der Waals surface area contributed by atoms with Gasteiger partial charge in [0.15, 0.2) is 5.84 Å². The smallest absolute Gasteiger partial charge is 0.400 e. The van der Waals surface area contributed by atoms with Crippen LogP contribution in [0.25, 0.3) is 0 Å². The molecule has 19 heavy (non-hydrogen) atoms. The molecule has 108 valence electrons. The molecule has 1 atom stereocenters. The lowest BCUT2D eigenvalue weighted by atomic mass is 10.1. The molecule has 9 heteroatoms. The lowest BCUT2D eigenvalue weighted by Crippen LogP contribution is -2.43. The maximum atomic E-state index is 12.8. The molecule has 0 spiro atoms. The van der Waals surface area contributed by atoms with E-state index in [1.165, 1.54) is 16.2 Å². The number of rotatable bonds is 5. The van der Waals surface area contributed by atoms with Crippen molar-refractivity contribution in [1.29, 1.82) is 0 Å². The summed E-state index contributed by atoms with van der Waals surface area (Å²) in [5.41, 5.74) is 5.10. The summed E-state index contributed by atoms with van der Waals surface area (Å²) < 4.78 is 39.2. The minimum Gasteiger partial charge on any atom is -0.409 e. The van der Waals surface area contributed by atoms with Crippen LogP contribution < -0.4 is 5.73 Å². The molecular weight excluding hydrogens is 347 g/mol. The number of hydrogen-bond acceptors (Lipinski definition) is 4. The maximum absolute atomic E-state index is 12.8. The summed E-state index contributed by atoms with van der Waals surface area (Å²) in [5, 5.41) is 12.7. The van der Waals surface area contributed by atoms with Crippen molar-refractivity contribution >= 4 is 33.1 Å². The Morgan fingerprint density at radius 1 is 1.63 bits per heavy atom. The molecule has 0 bridgehead atoms. The topological polar surface area (TPSA) is 61.8 Å². The molecule has 1 aromatic heterocycles. The quantitative estimate of drug-likeness (QED) is 0.367. The highest BCUT2D eigenvalue weighted by Crippen LogP contribution is 2.28. The summed E-state index contributed by atoms with van der Waals surface area (Å²) in [7, 11) is 1.55. The summed E-state index contributed by atoms with van der Waals surface area (Å²) >= 11 is 4.72. The molecule has 0 amide bonds. The minimum atomic E-state index is -4.54. The third-order valence-electron chi connectivity index (χ3n) is 2.41. The molecule has 3 N–H and O–H groups in total. The second-order valence-corrected chi connectivity index (χ2v) is 5.96. The molecule has 1 rings (SSSR count). The van der Waals surface area contributed by atoms with Gasteiger partial charge in [0.2, 0.25) is 0 Å². The lowest BCUT2D eigenvalue weighted by Gasteiger charge is -2.24. The molecule has 1 aromatic rings. The van der Waals surface area contributed by atoms with Crippen molar-refractivity contribution in [3.8, 4) is 0 Å². The van der Waals surface area contributed by atoms with E-state index in [0.717, 1.165) is 9.35 Å². The van der Waals surface area contributed by atoms with E-state index in [-0.39, 0.29) is 6.54 Å². The van der Waals surface area contributed by atoms with Crippen LogP contribution >= 0.6 is 27.3 Å². The average Bonchev–Trinajstić information content (AvgIpc) is 2.69. The summed E-state index contributed by atoms with van der Waals surface area (Å²) in [6.07, 6.45) is -4.54. The predicted molar refractivity (Wildman–Crippen MR) is 71.3 cm³/mol. The summed E-state index contributed by atoms with van der Waals surface area (Å²) in [4.78, 5) is 2.41. The van der Waals surface area contributed by atoms with Crippen molar-refractivity contribution in [2.45, 2.75) is 12.7 Å². The fourth-order valence-corrected chi connectivity index (χ4v) is 3.04. The van der Waals surface area contributed by atoms with Gasteiger partial charge in [0.25, 0.3) is 0 Å². The molecule has 0 aromatic carbocycles. The molecule has 0 radical (unpaired) electrons. The van der Waals surface area contributed by atoms with Gasteiger partial charge in [-0.05, 0) is 29.0 Å². The highest BCUT2D eigenvalue weighted by atomic mass is 79.9. The van der Waals surface area contributed by atoms with Crippen molar-refractivity contribution in [1.82, 2.24) is 4.90 Å². The normalized spacial score (nSPS) is 14.9. The van der Waals surface area contributed by atoms with Crippen LogP contribution in [0.4, 0.5) is 13.2 Å². The average molecular weight is 360 g/mol. The van der Waals surface area contributed by atoms with Gasteiger partial charge >= 0.3 is 6.18 Å². The second kappa shape index (κ2) is 6.58. The Balaban J connectivity index is 2.69. The van der Waals surface area contributed by atoms with Crippen LogP contribution in [0.3, 0.4) is 0 Å². The van der Waals surface area contributed by atoms with Gasteiger partial charge in [-0.3, -0.25) is 0 Å². The van der Waals surface area contributed by atoms with Crippen molar-refractivity contribution in [2.24, 2.45) is 16.8 Å². The molecule has 0 saturated carbocycles. The molecular formula is C10H13BrF3N3OS. The Kier molecular flexibility index (Phi) is 5.63. The highest BCUT2D eigenvalue weighted by Gasteiger charge is 2.43. The Bertz CT molecular complexity index is 449. The maximum Gasteiger partial charge on any atom is 0.400 e. The van der Waals surface area contributed by atoms with E-state index in [9.17, 15) is 13.2 Å². The molecule has 0 aliphatic rings. The van der Waals surface area contributed by atoms with Gasteiger partial charge < -0.3 is 15.8 Å². The van der Waals surface area contributed by atoms with E-state index in [4.69, 9.17) is 10.9 Å². The number of nitrogens with zero attached hydrogens (tertiary/aromatic N) is 2. The van der Waals surface area contributed by atoms with Crippen LogP contribution in [0.5, 0.6) is 0 Å². The summed E-state index contributed by atoms with van der Waals surface area (Å²) in [6.45, 7) is -0.00350. The molecule has 0 aliphatic carbocycles. The van der Waals surface area contributed by atoms with Crippen LogP contribution in [-0.2, 0) is 6.54 Å². The Morgan fingerprint density at radius 3 is 2.68 bits per heavy atom. The first kappa shape index (κ1) is 16.3. The summed E-state index contributed by atoms with van der Waals surface area (Å²) in [6, 6.07) is 1.84. The molecule has 1 unspecified atom stereocenters. The van der Waals surface area contributed by atoms with E-state index >= 15 is 0 Å². The Morgan fingerprint density at radius 2 is 2.26 bits per heavy atom. The van der Waals surface area contributed by atoms with Crippen molar-refractivity contribution in [3.05, 3.63) is 20.8 Å². The van der Waals surface area contributed by atoms with E-state index in [1.54, 1.807) is 7.05 Å². The first-order valence-electron chi connectivity index (χ1n) is 5.19. The van der Waals surface area contributed by atoms with Gasteiger partial charge in [0.1, 0.15) is 5.92 Å². The van der Waals surface area contributed by atoms with Gasteiger partial charge in [-0.1, -0.05) is 5.16 Å². The first-order valence-corrected chi connectivity index (χ1v) is 6.87. The largest absolute Gasteiger partial charge is 0.409 e. The van der Waals surface area contributed by atoms with Crippen LogP contribution in [-0.4, -0.2) is 35.7 Å². The zero-order valence-electron chi connectivity index (χ0n) is 9.99. The third kappa shape index (κ3) is 5.00. The Labute approximate surface area is 120 Å². The van der Waals surface area contributed by atoms with Crippen molar-refractivity contribution < 1.29 is 18.4 Å². The van der Waals surface area contributed by atoms with Gasteiger partial charge in [-0.25, -0.2) is 0 Å². The number of halogens is 4. The monoisotopic (exact) mass is 359 g/mol. The number of alkyl halides is 3. The van der Waals surface area contributed by atoms with Crippen molar-refractivity contribution in [2.75, 3.05) is 13.6 Å². The highest BCUT2D eigenvalue weighted by molar-refractivity contribution is 9.10. The third-order valence-corrected chi connectivity index (χ3v) is 4.09. The SMILES string of the molecule is CN(Cc1cc(Br)cs1)CC(C(N)=NO)C(F)(F)F. The molecule has 1 heterocycles. The van der Waals surface area contributed by atoms with E-state index < -0.39 is 17.9 Å². The molecule has 0 fully saturated rings. The fraction of sp³-hybridized carbons (Fsp3) is 0.500. The van der Waals surface area contributed by atoms with Gasteiger partial charge in [0.05, 0.1) is 0 Å². The number of thiophene rings is 1. The summed E-state index contributed by atoms with van der Waals surface area (Å²) in [5.74, 6) is -2.81. The van der Waals surface area contributed by atoms with Gasteiger partial charge in [-0.2, -0.15) is 13.2 Å². The van der Waals surface area contributed by atoms with Crippen LogP contribution in [0.15, 0.2) is 21.1 Å². The lowest BCUT2D eigenvalue weighted by molar-refractivity contribution is -0.159. The molecule has 4 nitrogen and oxygen atoms in total. The van der Waals surface area contributed by atoms with Gasteiger partial charge in [-0.15, -0.1) is 11.3 Å². The number of oxime groups is 1. The zero-order valence-corrected chi connectivity index (χ0v) is 12.4. The molecule has 0 aliphatic heterocycles. The van der Waals surface area contributed by atoms with E-state index in [0.29, 0.717) is 6.54 Å². The zero-order chi connectivity index (χ0) is 14.6. The number of amidine groups is 1. The van der Waals surface area contributed by atoms with Crippen LogP contribution in [0.2, 0.25) is 0 Å². The number of nitrogens with two attached hydrogens (primary N) is 1. The van der Waals surface area contributed by atoms with Gasteiger partial charge in [0, 0.05) is 27.8 Å². The van der Waals surface area contributed by atoms with Crippen LogP contribution in [0, 0.1) is 5.92 Å². The second-order valence-electron chi connectivity index (χ2n) is 4.05. The standard InChI is InChI=1S/C10H13BrF3N3OS/c1-17(3-7-2-6(11)5-19-7)4-8(9(15)16-18)10(12,13)14/h2,5,8,18H,3-4H2,1H3,(H2,15,16). The molecule has 0 saturated heterocycles. The number of hydrogen-bond donors (Lipinski definition) is 2. The minimum absolute atomic E-state index is 0.363. The Hall–Kier alpha value is -0.800.